The smallest absolute Gasteiger partial charge is 0.408 e. The Bertz CT molecular complexity index is 428. The van der Waals surface area contributed by atoms with Crippen LogP contribution in [-0.2, 0) is 24.5 Å². The van der Waals surface area contributed by atoms with Crippen LogP contribution in [0, 0.1) is 0 Å². The highest BCUT2D eigenvalue weighted by Gasteiger charge is 2.26. The first-order valence-electron chi connectivity index (χ1n) is 5.44. The van der Waals surface area contributed by atoms with Crippen LogP contribution in [0.3, 0.4) is 0 Å². The van der Waals surface area contributed by atoms with Gasteiger partial charge in [0, 0.05) is 0 Å². The number of hydrogen-bond donors (Lipinski definition) is 1. The molecule has 0 spiro atoms. The molecule has 0 aliphatic heterocycles. The number of ether oxygens (including phenoxy) is 2. The number of nitrogens with one attached hydrogen (secondary N) is 1. The number of esters is 1. The molecule has 9 heteroatoms. The van der Waals surface area contributed by atoms with Crippen LogP contribution in [0.5, 0.6) is 0 Å². The number of amides is 1. The largest absolute Gasteiger partial charge is 0.467 e. The Kier molecular flexibility index (Phi) is 6.20. The monoisotopic (exact) mass is 299 g/mol. The summed E-state index contributed by atoms with van der Waals surface area (Å²) < 4.78 is 42.5. The van der Waals surface area contributed by atoms with Crippen molar-refractivity contribution in [1.82, 2.24) is 5.32 Å². The van der Waals surface area contributed by atoms with Gasteiger partial charge in [0.2, 0.25) is 0 Å². The Morgan fingerprint density at radius 3 is 2.21 bits per heavy atom. The van der Waals surface area contributed by atoms with Gasteiger partial charge in [0.15, 0.2) is 0 Å². The molecule has 0 aliphatic carbocycles. The van der Waals surface area contributed by atoms with Crippen LogP contribution in [0.25, 0.3) is 0 Å². The van der Waals surface area contributed by atoms with Gasteiger partial charge in [-0.05, 0) is 27.2 Å². The molecule has 0 heterocycles. The predicted molar refractivity (Wildman–Crippen MR) is 64.7 cm³/mol. The topological polar surface area (TPSA) is 98.8 Å². The number of hydrogen-bond acceptors (Lipinski definition) is 6. The van der Waals surface area contributed by atoms with Gasteiger partial charge in [-0.25, -0.2) is 9.59 Å². The van der Waals surface area contributed by atoms with Gasteiger partial charge in [0.05, 0.1) is 12.9 Å². The van der Waals surface area contributed by atoms with Crippen molar-refractivity contribution in [2.45, 2.75) is 38.8 Å². The minimum Gasteiger partial charge on any atom is -0.467 e. The van der Waals surface area contributed by atoms with Crippen molar-refractivity contribution in [3.8, 4) is 0 Å². The Morgan fingerprint density at radius 1 is 1.32 bits per heavy atom. The summed E-state index contributed by atoms with van der Waals surface area (Å²) in [6.45, 7) is 4.85. The molecule has 112 valence electrons. The van der Waals surface area contributed by atoms with Gasteiger partial charge in [-0.3, -0.25) is 0 Å². The summed E-state index contributed by atoms with van der Waals surface area (Å²) in [5.41, 5.74) is -0.781. The summed E-state index contributed by atoms with van der Waals surface area (Å²) >= 11 is 0. The molecule has 0 bridgehead atoms. The molecule has 1 amide bonds. The van der Waals surface area contributed by atoms with Crippen LogP contribution in [0.15, 0.2) is 0 Å². The first-order chi connectivity index (χ1) is 8.44. The van der Waals surface area contributed by atoms with Gasteiger partial charge in [-0.1, -0.05) is 0 Å². The maximum absolute atomic E-state index is 12.4. The van der Waals surface area contributed by atoms with Gasteiger partial charge in [-0.2, -0.15) is 8.42 Å². The van der Waals surface area contributed by atoms with Crippen LogP contribution in [-0.4, -0.2) is 45.0 Å². The lowest BCUT2D eigenvalue weighted by Crippen LogP contribution is -2.44. The Morgan fingerprint density at radius 2 is 1.84 bits per heavy atom. The molecular weight excluding hydrogens is 281 g/mol. The second-order valence-electron chi connectivity index (χ2n) is 4.75. The fourth-order valence-electron chi connectivity index (χ4n) is 1.10. The summed E-state index contributed by atoms with van der Waals surface area (Å²) in [5, 5.41) is 2.13. The minimum atomic E-state index is -4.73. The van der Waals surface area contributed by atoms with E-state index in [1.165, 1.54) is 0 Å². The second kappa shape index (κ2) is 6.69. The van der Waals surface area contributed by atoms with E-state index in [0.717, 1.165) is 7.11 Å². The van der Waals surface area contributed by atoms with Crippen molar-refractivity contribution in [2.24, 2.45) is 0 Å². The predicted octanol–water partition coefficient (Wildman–Crippen LogP) is 0.742. The fourth-order valence-corrected chi connectivity index (χ4v) is 1.62. The quantitative estimate of drug-likeness (QED) is 0.594. The standard InChI is InChI=1S/C10H18FNO6S/c1-10(2,3)18-9(14)12-7(8(13)17-4)5-6-19(11,15)16/h7H,5-6H2,1-4H3,(H,12,14). The van der Waals surface area contributed by atoms with Crippen molar-refractivity contribution >= 4 is 22.3 Å². The zero-order valence-electron chi connectivity index (χ0n) is 11.2. The van der Waals surface area contributed by atoms with Gasteiger partial charge in [-0.15, -0.1) is 3.89 Å². The third kappa shape index (κ3) is 9.23. The lowest BCUT2D eigenvalue weighted by atomic mass is 10.2. The van der Waals surface area contributed by atoms with Gasteiger partial charge in [0.25, 0.3) is 0 Å². The average Bonchev–Trinajstić information content (AvgIpc) is 2.19. The van der Waals surface area contributed by atoms with Crippen LogP contribution in [0.4, 0.5) is 8.68 Å². The maximum atomic E-state index is 12.4. The first-order valence-corrected chi connectivity index (χ1v) is 6.99. The molecule has 0 aliphatic rings. The number of methoxy groups -OCH3 is 1. The van der Waals surface area contributed by atoms with Crippen molar-refractivity contribution in [2.75, 3.05) is 12.9 Å². The normalized spacial score (nSPS) is 13.5. The van der Waals surface area contributed by atoms with Gasteiger partial charge < -0.3 is 14.8 Å². The van der Waals surface area contributed by atoms with E-state index in [4.69, 9.17) is 4.74 Å². The molecule has 0 aromatic rings. The van der Waals surface area contributed by atoms with E-state index in [1.54, 1.807) is 20.8 Å². The number of alkyl carbamates (subject to hydrolysis) is 1. The molecule has 0 saturated carbocycles. The van der Waals surface area contributed by atoms with Crippen LogP contribution in [0.2, 0.25) is 0 Å². The van der Waals surface area contributed by atoms with Crippen molar-refractivity contribution in [1.29, 1.82) is 0 Å². The molecule has 0 aromatic heterocycles. The molecule has 1 N–H and O–H groups in total. The summed E-state index contributed by atoms with van der Waals surface area (Å²) in [4.78, 5) is 22.7. The number of rotatable bonds is 5. The fraction of sp³-hybridized carbons (Fsp3) is 0.800. The number of carbonyl (C=O) groups excluding carboxylic acids is 2. The molecule has 1 unspecified atom stereocenters. The second-order valence-corrected chi connectivity index (χ2v) is 6.24. The lowest BCUT2D eigenvalue weighted by molar-refractivity contribution is -0.143. The molecule has 0 aromatic carbocycles. The third-order valence-corrected chi connectivity index (χ3v) is 2.55. The zero-order chi connectivity index (χ0) is 15.3. The Hall–Kier alpha value is -1.38. The highest BCUT2D eigenvalue weighted by atomic mass is 32.3. The molecule has 0 rings (SSSR count). The van der Waals surface area contributed by atoms with Crippen LogP contribution < -0.4 is 5.32 Å². The Labute approximate surface area is 111 Å². The molecular formula is C10H18FNO6S. The summed E-state index contributed by atoms with van der Waals surface area (Å²) in [6.07, 6.45) is -1.36. The zero-order valence-corrected chi connectivity index (χ0v) is 12.0. The highest BCUT2D eigenvalue weighted by molar-refractivity contribution is 7.86. The molecule has 1 atom stereocenters. The first kappa shape index (κ1) is 17.6. The molecule has 0 fully saturated rings. The van der Waals surface area contributed by atoms with E-state index >= 15 is 0 Å². The van der Waals surface area contributed by atoms with Gasteiger partial charge in [0.1, 0.15) is 11.6 Å². The van der Waals surface area contributed by atoms with Gasteiger partial charge >= 0.3 is 22.3 Å². The highest BCUT2D eigenvalue weighted by Crippen LogP contribution is 2.08. The average molecular weight is 299 g/mol. The molecule has 0 saturated heterocycles. The third-order valence-electron chi connectivity index (χ3n) is 1.83. The summed E-state index contributed by atoms with van der Waals surface area (Å²) in [5.74, 6) is -1.78. The molecule has 7 nitrogen and oxygen atoms in total. The summed E-state index contributed by atoms with van der Waals surface area (Å²) in [6, 6.07) is -1.29. The van der Waals surface area contributed by atoms with E-state index in [9.17, 15) is 21.9 Å². The Balaban J connectivity index is 4.61. The van der Waals surface area contributed by atoms with E-state index in [2.05, 4.69) is 10.1 Å². The van der Waals surface area contributed by atoms with E-state index in [1.807, 2.05) is 0 Å². The molecule has 0 radical (unpaired) electrons. The number of carbonyl (C=O) groups is 2. The maximum Gasteiger partial charge on any atom is 0.408 e. The van der Waals surface area contributed by atoms with Crippen molar-refractivity contribution < 1.29 is 31.4 Å². The summed E-state index contributed by atoms with van der Waals surface area (Å²) in [7, 11) is -3.67. The minimum absolute atomic E-state index is 0.440. The van der Waals surface area contributed by atoms with Crippen molar-refractivity contribution in [3.63, 3.8) is 0 Å². The van der Waals surface area contributed by atoms with E-state index in [-0.39, 0.29) is 0 Å². The lowest BCUT2D eigenvalue weighted by Gasteiger charge is -2.22. The van der Waals surface area contributed by atoms with Crippen molar-refractivity contribution in [3.05, 3.63) is 0 Å². The van der Waals surface area contributed by atoms with E-state index < -0.39 is 46.1 Å². The van der Waals surface area contributed by atoms with Crippen LogP contribution >= 0.6 is 0 Å². The van der Waals surface area contributed by atoms with Crippen LogP contribution in [0.1, 0.15) is 27.2 Å². The van der Waals surface area contributed by atoms with E-state index in [0.29, 0.717) is 0 Å². The SMILES string of the molecule is COC(=O)C(CCS(=O)(=O)F)NC(=O)OC(C)(C)C. The molecule has 19 heavy (non-hydrogen) atoms. The number of halogens is 1.